The molecule has 0 saturated carbocycles. The molecule has 0 bridgehead atoms. The smallest absolute Gasteiger partial charge is 0.337 e. The van der Waals surface area contributed by atoms with E-state index in [1.807, 2.05) is 0 Å². The number of hydrogen-bond donors (Lipinski definition) is 2. The Kier molecular flexibility index (Phi) is 3.97. The van der Waals surface area contributed by atoms with E-state index in [9.17, 15) is 19.8 Å². The summed E-state index contributed by atoms with van der Waals surface area (Å²) in [6.07, 6.45) is 0. The third-order valence-electron chi connectivity index (χ3n) is 2.75. The van der Waals surface area contributed by atoms with Crippen molar-refractivity contribution in [3.63, 3.8) is 0 Å². The van der Waals surface area contributed by atoms with Crippen molar-refractivity contribution >= 4 is 35.1 Å². The average Bonchev–Trinajstić information content (AvgIpc) is 2.37. The number of carboxylic acid groups (broad SMARTS) is 2. The Morgan fingerprint density at radius 3 is 1.40 bits per heavy atom. The molecule has 0 radical (unpaired) electrons. The SMILES string of the molecule is O=C(O)c1c(Cl)cccc1-c1cccc(Cl)c1C(=O)O. The predicted molar refractivity (Wildman–Crippen MR) is 75.8 cm³/mol. The molecule has 2 aromatic rings. The minimum absolute atomic E-state index is 0.0336. The molecule has 2 N–H and O–H groups in total. The largest absolute Gasteiger partial charge is 0.478 e. The first-order valence-corrected chi connectivity index (χ1v) is 6.23. The molecule has 0 unspecified atom stereocenters. The van der Waals surface area contributed by atoms with Crippen molar-refractivity contribution in [3.05, 3.63) is 57.6 Å². The highest BCUT2D eigenvalue weighted by molar-refractivity contribution is 6.35. The molecule has 0 amide bonds. The highest BCUT2D eigenvalue weighted by atomic mass is 35.5. The van der Waals surface area contributed by atoms with Crippen LogP contribution >= 0.6 is 23.2 Å². The topological polar surface area (TPSA) is 74.6 Å². The molecular weight excluding hydrogens is 303 g/mol. The van der Waals surface area contributed by atoms with Gasteiger partial charge in [0.25, 0.3) is 0 Å². The van der Waals surface area contributed by atoms with Crippen LogP contribution in [0.25, 0.3) is 11.1 Å². The fraction of sp³-hybridized carbons (Fsp3) is 0. The second kappa shape index (κ2) is 5.53. The van der Waals surface area contributed by atoms with Crippen LogP contribution in [0.3, 0.4) is 0 Å². The zero-order valence-electron chi connectivity index (χ0n) is 9.93. The van der Waals surface area contributed by atoms with E-state index >= 15 is 0 Å². The maximum Gasteiger partial charge on any atom is 0.337 e. The molecule has 2 rings (SSSR count). The lowest BCUT2D eigenvalue weighted by atomic mass is 9.95. The van der Waals surface area contributed by atoms with Crippen LogP contribution in [0.4, 0.5) is 0 Å². The van der Waals surface area contributed by atoms with Gasteiger partial charge in [-0.1, -0.05) is 47.5 Å². The fourth-order valence-electron chi connectivity index (χ4n) is 1.93. The van der Waals surface area contributed by atoms with Crippen molar-refractivity contribution in [3.8, 4) is 11.1 Å². The van der Waals surface area contributed by atoms with Crippen molar-refractivity contribution in [1.82, 2.24) is 0 Å². The lowest BCUT2D eigenvalue weighted by Crippen LogP contribution is -2.05. The van der Waals surface area contributed by atoms with Crippen molar-refractivity contribution in [1.29, 1.82) is 0 Å². The van der Waals surface area contributed by atoms with Crippen LogP contribution < -0.4 is 0 Å². The third-order valence-corrected chi connectivity index (χ3v) is 3.38. The van der Waals surface area contributed by atoms with Gasteiger partial charge in [-0.15, -0.1) is 0 Å². The van der Waals surface area contributed by atoms with Gasteiger partial charge >= 0.3 is 11.9 Å². The normalized spacial score (nSPS) is 10.3. The van der Waals surface area contributed by atoms with Crippen LogP contribution in [0, 0.1) is 0 Å². The zero-order valence-corrected chi connectivity index (χ0v) is 11.4. The molecule has 2 aromatic carbocycles. The lowest BCUT2D eigenvalue weighted by molar-refractivity contribution is 0.0684. The number of hydrogen-bond acceptors (Lipinski definition) is 2. The van der Waals surface area contributed by atoms with E-state index in [1.165, 1.54) is 24.3 Å². The highest BCUT2D eigenvalue weighted by Crippen LogP contribution is 2.34. The Hall–Kier alpha value is -2.04. The summed E-state index contributed by atoms with van der Waals surface area (Å²) in [4.78, 5) is 22.6. The summed E-state index contributed by atoms with van der Waals surface area (Å²) in [5.74, 6) is -2.47. The molecule has 0 saturated heterocycles. The second-order valence-corrected chi connectivity index (χ2v) is 4.75. The van der Waals surface area contributed by atoms with Crippen molar-refractivity contribution in [2.75, 3.05) is 0 Å². The van der Waals surface area contributed by atoms with Crippen molar-refractivity contribution in [2.24, 2.45) is 0 Å². The lowest BCUT2D eigenvalue weighted by Gasteiger charge is -2.11. The minimum atomic E-state index is -1.23. The van der Waals surface area contributed by atoms with Crippen LogP contribution in [-0.2, 0) is 0 Å². The third kappa shape index (κ3) is 2.48. The molecular formula is C14H8Cl2O4. The summed E-state index contributed by atoms with van der Waals surface area (Å²) >= 11 is 11.8. The highest BCUT2D eigenvalue weighted by Gasteiger charge is 2.21. The van der Waals surface area contributed by atoms with Gasteiger partial charge in [0.2, 0.25) is 0 Å². The summed E-state index contributed by atoms with van der Waals surface area (Å²) in [6.45, 7) is 0. The number of halogens is 2. The van der Waals surface area contributed by atoms with Gasteiger partial charge in [-0.05, 0) is 23.3 Å². The van der Waals surface area contributed by atoms with Crippen LogP contribution in [0.2, 0.25) is 10.0 Å². The maximum absolute atomic E-state index is 11.3. The summed E-state index contributed by atoms with van der Waals surface area (Å²) in [7, 11) is 0. The van der Waals surface area contributed by atoms with Crippen LogP contribution in [0.1, 0.15) is 20.7 Å². The van der Waals surface area contributed by atoms with Crippen LogP contribution in [0.15, 0.2) is 36.4 Å². The molecule has 102 valence electrons. The molecule has 0 spiro atoms. The quantitative estimate of drug-likeness (QED) is 0.896. The molecule has 0 aliphatic heterocycles. The average molecular weight is 311 g/mol. The van der Waals surface area contributed by atoms with Gasteiger partial charge in [-0.25, -0.2) is 9.59 Å². The zero-order chi connectivity index (χ0) is 14.9. The first-order chi connectivity index (χ1) is 9.43. The van der Waals surface area contributed by atoms with Gasteiger partial charge in [0, 0.05) is 0 Å². The Morgan fingerprint density at radius 2 is 1.10 bits per heavy atom. The van der Waals surface area contributed by atoms with Crippen LogP contribution in [-0.4, -0.2) is 22.2 Å². The van der Waals surface area contributed by atoms with E-state index in [0.29, 0.717) is 0 Å². The van der Waals surface area contributed by atoms with Gasteiger partial charge in [-0.2, -0.15) is 0 Å². The van der Waals surface area contributed by atoms with Crippen molar-refractivity contribution < 1.29 is 19.8 Å². The van der Waals surface area contributed by atoms with E-state index in [2.05, 4.69) is 0 Å². The molecule has 6 heteroatoms. The summed E-state index contributed by atoms with van der Waals surface area (Å²) < 4.78 is 0. The Labute approximate surface area is 124 Å². The number of carboxylic acids is 2. The summed E-state index contributed by atoms with van der Waals surface area (Å²) in [6, 6.07) is 8.95. The maximum atomic E-state index is 11.3. The van der Waals surface area contributed by atoms with Gasteiger partial charge in [0.15, 0.2) is 0 Å². The van der Waals surface area contributed by atoms with E-state index in [4.69, 9.17) is 23.2 Å². The minimum Gasteiger partial charge on any atom is -0.478 e. The monoisotopic (exact) mass is 310 g/mol. The number of benzene rings is 2. The van der Waals surface area contributed by atoms with E-state index < -0.39 is 11.9 Å². The molecule has 0 heterocycles. The molecule has 20 heavy (non-hydrogen) atoms. The molecule has 0 aliphatic rings. The summed E-state index contributed by atoms with van der Waals surface area (Å²) in [5.41, 5.74) is 0.118. The fourth-order valence-corrected chi connectivity index (χ4v) is 2.44. The molecule has 0 fully saturated rings. The van der Waals surface area contributed by atoms with E-state index in [-0.39, 0.29) is 32.3 Å². The van der Waals surface area contributed by atoms with Crippen LogP contribution in [0.5, 0.6) is 0 Å². The van der Waals surface area contributed by atoms with Gasteiger partial charge in [-0.3, -0.25) is 0 Å². The number of carbonyl (C=O) groups is 2. The predicted octanol–water partition coefficient (Wildman–Crippen LogP) is 4.06. The number of rotatable bonds is 3. The van der Waals surface area contributed by atoms with E-state index in [1.54, 1.807) is 12.1 Å². The van der Waals surface area contributed by atoms with Gasteiger partial charge in [0.05, 0.1) is 21.2 Å². The Morgan fingerprint density at radius 1 is 0.750 bits per heavy atom. The molecule has 4 nitrogen and oxygen atoms in total. The second-order valence-electron chi connectivity index (χ2n) is 3.94. The first-order valence-electron chi connectivity index (χ1n) is 5.47. The Bertz CT molecular complexity index is 649. The van der Waals surface area contributed by atoms with E-state index in [0.717, 1.165) is 0 Å². The molecule has 0 aliphatic carbocycles. The Balaban J connectivity index is 2.83. The molecule has 0 atom stereocenters. The van der Waals surface area contributed by atoms with Gasteiger partial charge in [0.1, 0.15) is 0 Å². The van der Waals surface area contributed by atoms with Crippen molar-refractivity contribution in [2.45, 2.75) is 0 Å². The molecule has 0 aromatic heterocycles. The number of aromatic carboxylic acids is 2. The summed E-state index contributed by atoms with van der Waals surface area (Å²) in [5, 5.41) is 18.6. The standard InChI is InChI=1S/C14H8Cl2O4/c15-9-5-1-3-7(11(9)13(17)18)8-4-2-6-10(16)12(8)14(19)20/h1-6H,(H,17,18)(H,19,20). The van der Waals surface area contributed by atoms with Gasteiger partial charge < -0.3 is 10.2 Å². The first kappa shape index (κ1) is 14.4.